The maximum absolute atomic E-state index is 12.0. The van der Waals surface area contributed by atoms with Gasteiger partial charge in [0.1, 0.15) is 0 Å². The summed E-state index contributed by atoms with van der Waals surface area (Å²) in [6.07, 6.45) is 5.62. The van der Waals surface area contributed by atoms with Crippen LogP contribution in [0.25, 0.3) is 0 Å². The van der Waals surface area contributed by atoms with E-state index in [0.717, 1.165) is 12.2 Å². The third-order valence-corrected chi connectivity index (χ3v) is 4.25. The number of likely N-dealkylation sites (tertiary alicyclic amines) is 1. The Hall–Kier alpha value is -1.81. The number of amides is 2. The number of anilines is 1. The molecule has 1 N–H and O–H groups in total. The monoisotopic (exact) mass is 301 g/mol. The van der Waals surface area contributed by atoms with Gasteiger partial charge in [0.05, 0.1) is 0 Å². The van der Waals surface area contributed by atoms with Crippen LogP contribution < -0.4 is 5.32 Å². The lowest BCUT2D eigenvalue weighted by molar-refractivity contribution is 0.152. The van der Waals surface area contributed by atoms with E-state index in [1.54, 1.807) is 18.0 Å². The SMILES string of the molecule is C=CCN(C)C(=O)Nc1cccc(CN2CCCCC2C)c1. The van der Waals surface area contributed by atoms with Crippen molar-refractivity contribution in [2.45, 2.75) is 38.8 Å². The van der Waals surface area contributed by atoms with Gasteiger partial charge in [-0.05, 0) is 44.0 Å². The zero-order chi connectivity index (χ0) is 15.9. The first kappa shape index (κ1) is 16.6. The van der Waals surface area contributed by atoms with E-state index in [4.69, 9.17) is 0 Å². The number of rotatable bonds is 5. The summed E-state index contributed by atoms with van der Waals surface area (Å²) in [6.45, 7) is 8.61. The van der Waals surface area contributed by atoms with Gasteiger partial charge in [-0.3, -0.25) is 4.90 Å². The summed E-state index contributed by atoms with van der Waals surface area (Å²) in [5.41, 5.74) is 2.10. The van der Waals surface area contributed by atoms with Crippen LogP contribution in [-0.4, -0.2) is 42.0 Å². The number of likely N-dealkylation sites (N-methyl/N-ethyl adjacent to an activating group) is 1. The van der Waals surface area contributed by atoms with Crippen molar-refractivity contribution in [3.8, 4) is 0 Å². The highest BCUT2D eigenvalue weighted by atomic mass is 16.2. The second kappa shape index (κ2) is 7.99. The smallest absolute Gasteiger partial charge is 0.321 e. The van der Waals surface area contributed by atoms with Crippen LogP contribution in [0.2, 0.25) is 0 Å². The molecule has 2 amide bonds. The fourth-order valence-electron chi connectivity index (χ4n) is 2.87. The van der Waals surface area contributed by atoms with Crippen molar-refractivity contribution in [3.05, 3.63) is 42.5 Å². The lowest BCUT2D eigenvalue weighted by atomic mass is 10.0. The summed E-state index contributed by atoms with van der Waals surface area (Å²) in [7, 11) is 1.76. The van der Waals surface area contributed by atoms with Crippen LogP contribution in [0.4, 0.5) is 10.5 Å². The van der Waals surface area contributed by atoms with E-state index in [2.05, 4.69) is 35.9 Å². The number of nitrogens with one attached hydrogen (secondary N) is 1. The molecule has 1 aromatic rings. The molecule has 1 aliphatic rings. The van der Waals surface area contributed by atoms with Gasteiger partial charge in [-0.2, -0.15) is 0 Å². The Labute approximate surface area is 133 Å². The maximum atomic E-state index is 12.0. The molecule has 0 aromatic heterocycles. The van der Waals surface area contributed by atoms with Gasteiger partial charge in [0.2, 0.25) is 0 Å². The van der Waals surface area contributed by atoms with Gasteiger partial charge in [-0.25, -0.2) is 4.79 Å². The largest absolute Gasteiger partial charge is 0.324 e. The molecule has 1 atom stereocenters. The van der Waals surface area contributed by atoms with Crippen LogP contribution in [0.5, 0.6) is 0 Å². The lowest BCUT2D eigenvalue weighted by Crippen LogP contribution is -2.36. The summed E-state index contributed by atoms with van der Waals surface area (Å²) < 4.78 is 0. The summed E-state index contributed by atoms with van der Waals surface area (Å²) >= 11 is 0. The van der Waals surface area contributed by atoms with Gasteiger partial charge in [0.25, 0.3) is 0 Å². The molecule has 120 valence electrons. The van der Waals surface area contributed by atoms with Crippen LogP contribution >= 0.6 is 0 Å². The molecule has 1 saturated heterocycles. The Bertz CT molecular complexity index is 515. The first-order valence-electron chi connectivity index (χ1n) is 8.06. The Morgan fingerprint density at radius 2 is 2.32 bits per heavy atom. The van der Waals surface area contributed by atoms with Crippen molar-refractivity contribution in [1.29, 1.82) is 0 Å². The Morgan fingerprint density at radius 1 is 1.50 bits per heavy atom. The van der Waals surface area contributed by atoms with Crippen molar-refractivity contribution in [1.82, 2.24) is 9.80 Å². The van der Waals surface area contributed by atoms with Crippen LogP contribution in [0.3, 0.4) is 0 Å². The number of piperidine rings is 1. The molecule has 4 heteroatoms. The maximum Gasteiger partial charge on any atom is 0.321 e. The standard InChI is InChI=1S/C18H27N3O/c1-4-11-20(3)18(22)19-17-10-7-9-16(13-17)14-21-12-6-5-8-15(21)2/h4,7,9-10,13,15H,1,5-6,8,11-12,14H2,2-3H3,(H,19,22). The third kappa shape index (κ3) is 4.60. The minimum Gasteiger partial charge on any atom is -0.324 e. The molecule has 1 heterocycles. The van der Waals surface area contributed by atoms with E-state index in [0.29, 0.717) is 12.6 Å². The number of carbonyl (C=O) groups excluding carboxylic acids is 1. The number of benzene rings is 1. The third-order valence-electron chi connectivity index (χ3n) is 4.25. The van der Waals surface area contributed by atoms with Crippen molar-refractivity contribution < 1.29 is 4.79 Å². The number of urea groups is 1. The first-order chi connectivity index (χ1) is 10.6. The van der Waals surface area contributed by atoms with Gasteiger partial charge in [-0.15, -0.1) is 6.58 Å². The lowest BCUT2D eigenvalue weighted by Gasteiger charge is -2.33. The Balaban J connectivity index is 1.97. The number of hydrogen-bond donors (Lipinski definition) is 1. The van der Waals surface area contributed by atoms with Gasteiger partial charge in [-0.1, -0.05) is 24.6 Å². The van der Waals surface area contributed by atoms with E-state index in [-0.39, 0.29) is 6.03 Å². The van der Waals surface area contributed by atoms with Crippen molar-refractivity contribution in [2.75, 3.05) is 25.5 Å². The number of hydrogen-bond acceptors (Lipinski definition) is 2. The van der Waals surface area contributed by atoms with E-state index in [1.165, 1.54) is 31.4 Å². The average molecular weight is 301 g/mol. The highest BCUT2D eigenvalue weighted by Gasteiger charge is 2.18. The van der Waals surface area contributed by atoms with Crippen LogP contribution in [0.1, 0.15) is 31.7 Å². The Morgan fingerprint density at radius 3 is 3.05 bits per heavy atom. The highest BCUT2D eigenvalue weighted by molar-refractivity contribution is 5.89. The van der Waals surface area contributed by atoms with Crippen molar-refractivity contribution >= 4 is 11.7 Å². The molecule has 1 fully saturated rings. The molecule has 2 rings (SSSR count). The Kier molecular flexibility index (Phi) is 6.01. The van der Waals surface area contributed by atoms with Crippen molar-refractivity contribution in [3.63, 3.8) is 0 Å². The highest BCUT2D eigenvalue weighted by Crippen LogP contribution is 2.20. The van der Waals surface area contributed by atoms with E-state index < -0.39 is 0 Å². The topological polar surface area (TPSA) is 35.6 Å². The predicted molar refractivity (Wildman–Crippen MR) is 92.0 cm³/mol. The number of carbonyl (C=O) groups is 1. The zero-order valence-corrected chi connectivity index (χ0v) is 13.7. The summed E-state index contributed by atoms with van der Waals surface area (Å²) in [4.78, 5) is 16.1. The van der Waals surface area contributed by atoms with Gasteiger partial charge in [0, 0.05) is 31.9 Å². The molecule has 1 unspecified atom stereocenters. The molecule has 0 bridgehead atoms. The molecular formula is C18H27N3O. The predicted octanol–water partition coefficient (Wildman–Crippen LogP) is 3.71. The van der Waals surface area contributed by atoms with E-state index >= 15 is 0 Å². The molecule has 0 radical (unpaired) electrons. The quantitative estimate of drug-likeness (QED) is 0.842. The van der Waals surface area contributed by atoms with E-state index in [1.807, 2.05) is 12.1 Å². The minimum absolute atomic E-state index is 0.108. The first-order valence-corrected chi connectivity index (χ1v) is 8.06. The molecular weight excluding hydrogens is 274 g/mol. The molecule has 4 nitrogen and oxygen atoms in total. The molecule has 1 aromatic carbocycles. The van der Waals surface area contributed by atoms with Crippen LogP contribution in [0.15, 0.2) is 36.9 Å². The van der Waals surface area contributed by atoms with Gasteiger partial charge < -0.3 is 10.2 Å². The molecule has 0 saturated carbocycles. The van der Waals surface area contributed by atoms with Crippen LogP contribution in [0, 0.1) is 0 Å². The normalized spacial score (nSPS) is 18.7. The second-order valence-electron chi connectivity index (χ2n) is 6.12. The number of nitrogens with zero attached hydrogens (tertiary/aromatic N) is 2. The molecule has 0 aliphatic carbocycles. The van der Waals surface area contributed by atoms with Gasteiger partial charge in [0.15, 0.2) is 0 Å². The summed E-state index contributed by atoms with van der Waals surface area (Å²) in [5.74, 6) is 0. The average Bonchev–Trinajstić information content (AvgIpc) is 2.50. The minimum atomic E-state index is -0.108. The van der Waals surface area contributed by atoms with Crippen molar-refractivity contribution in [2.24, 2.45) is 0 Å². The fourth-order valence-corrected chi connectivity index (χ4v) is 2.87. The molecule has 22 heavy (non-hydrogen) atoms. The fraction of sp³-hybridized carbons (Fsp3) is 0.500. The summed E-state index contributed by atoms with van der Waals surface area (Å²) in [5, 5.41) is 2.94. The molecule has 1 aliphatic heterocycles. The van der Waals surface area contributed by atoms with E-state index in [9.17, 15) is 4.79 Å². The van der Waals surface area contributed by atoms with Gasteiger partial charge >= 0.3 is 6.03 Å². The summed E-state index contributed by atoms with van der Waals surface area (Å²) in [6, 6.07) is 8.68. The zero-order valence-electron chi connectivity index (χ0n) is 13.7. The van der Waals surface area contributed by atoms with Crippen LogP contribution in [-0.2, 0) is 6.54 Å². The molecule has 0 spiro atoms. The second-order valence-corrected chi connectivity index (χ2v) is 6.12.